The molecular formula is C18H19NO3. The molecule has 22 heavy (non-hydrogen) atoms. The summed E-state index contributed by atoms with van der Waals surface area (Å²) in [6.07, 6.45) is 4.79. The molecule has 1 aromatic heterocycles. The van der Waals surface area contributed by atoms with Crippen molar-refractivity contribution in [1.82, 2.24) is 4.90 Å². The lowest BCUT2D eigenvalue weighted by Gasteiger charge is -2.25. The van der Waals surface area contributed by atoms with Crippen molar-refractivity contribution >= 4 is 11.5 Å². The third kappa shape index (κ3) is 3.12. The molecule has 114 valence electrons. The lowest BCUT2D eigenvalue weighted by Crippen LogP contribution is -2.28. The second-order valence-electron chi connectivity index (χ2n) is 5.33. The van der Waals surface area contributed by atoms with Gasteiger partial charge in [0.15, 0.2) is 0 Å². The van der Waals surface area contributed by atoms with Gasteiger partial charge in [-0.2, -0.15) is 0 Å². The molecule has 0 bridgehead atoms. The molecule has 0 fully saturated rings. The number of carbonyl (C=O) groups is 1. The number of carbonyl (C=O) groups excluding carboxylic acids is 1. The van der Waals surface area contributed by atoms with Crippen LogP contribution in [0.15, 0.2) is 53.2 Å². The third-order valence-electron chi connectivity index (χ3n) is 3.96. The summed E-state index contributed by atoms with van der Waals surface area (Å²) in [6.45, 7) is 2.42. The number of rotatable bonds is 4. The largest absolute Gasteiger partial charge is 0.467 e. The second-order valence-corrected chi connectivity index (χ2v) is 5.33. The molecule has 1 aliphatic rings. The van der Waals surface area contributed by atoms with Crippen molar-refractivity contribution in [2.24, 2.45) is 0 Å². The van der Waals surface area contributed by atoms with E-state index in [1.165, 1.54) is 24.5 Å². The summed E-state index contributed by atoms with van der Waals surface area (Å²) >= 11 is 0. The van der Waals surface area contributed by atoms with Gasteiger partial charge in [0.25, 0.3) is 0 Å². The van der Waals surface area contributed by atoms with Gasteiger partial charge in [-0.15, -0.1) is 0 Å². The van der Waals surface area contributed by atoms with Crippen LogP contribution in [0.25, 0.3) is 5.57 Å². The van der Waals surface area contributed by atoms with Crippen molar-refractivity contribution in [3.05, 3.63) is 65.6 Å². The molecular weight excluding hydrogens is 278 g/mol. The van der Waals surface area contributed by atoms with Gasteiger partial charge in [-0.3, -0.25) is 4.90 Å². The Morgan fingerprint density at radius 3 is 2.77 bits per heavy atom. The first-order valence-electron chi connectivity index (χ1n) is 7.39. The van der Waals surface area contributed by atoms with Crippen molar-refractivity contribution in [2.75, 3.05) is 20.2 Å². The Hall–Kier alpha value is -2.33. The average molecular weight is 297 g/mol. The second kappa shape index (κ2) is 6.62. The van der Waals surface area contributed by atoms with Crippen LogP contribution in [0, 0.1) is 0 Å². The molecule has 0 saturated carbocycles. The van der Waals surface area contributed by atoms with Crippen LogP contribution >= 0.6 is 0 Å². The summed E-state index contributed by atoms with van der Waals surface area (Å²) in [7, 11) is 1.38. The van der Waals surface area contributed by atoms with Crippen molar-refractivity contribution in [3.8, 4) is 0 Å². The van der Waals surface area contributed by atoms with Gasteiger partial charge in [0.05, 0.1) is 19.9 Å². The SMILES string of the molecule is COC(=O)c1ccoc1CN1CC=C(c2ccccc2)CC1. The highest BCUT2D eigenvalue weighted by atomic mass is 16.5. The lowest BCUT2D eigenvalue weighted by atomic mass is 9.99. The molecule has 3 rings (SSSR count). The van der Waals surface area contributed by atoms with Gasteiger partial charge in [-0.25, -0.2) is 4.79 Å². The highest BCUT2D eigenvalue weighted by molar-refractivity contribution is 5.90. The number of esters is 1. The zero-order valence-corrected chi connectivity index (χ0v) is 12.6. The Kier molecular flexibility index (Phi) is 4.39. The molecule has 2 aromatic rings. The van der Waals surface area contributed by atoms with Gasteiger partial charge in [0, 0.05) is 13.1 Å². The van der Waals surface area contributed by atoms with Crippen LogP contribution in [-0.4, -0.2) is 31.1 Å². The van der Waals surface area contributed by atoms with E-state index >= 15 is 0 Å². The van der Waals surface area contributed by atoms with E-state index in [4.69, 9.17) is 9.15 Å². The standard InChI is InChI=1S/C18H19NO3/c1-21-18(20)16-9-12-22-17(16)13-19-10-7-15(8-11-19)14-5-3-2-4-6-14/h2-7,9,12H,8,10-11,13H2,1H3. The Balaban J connectivity index is 1.66. The average Bonchev–Trinajstić information content (AvgIpc) is 3.04. The highest BCUT2D eigenvalue weighted by Gasteiger charge is 2.19. The van der Waals surface area contributed by atoms with Crippen LogP contribution in [0.1, 0.15) is 28.1 Å². The normalized spacial score (nSPS) is 15.4. The van der Waals surface area contributed by atoms with Gasteiger partial charge in [-0.1, -0.05) is 36.4 Å². The van der Waals surface area contributed by atoms with Crippen molar-refractivity contribution < 1.29 is 13.9 Å². The fraction of sp³-hybridized carbons (Fsp3) is 0.278. The molecule has 1 aromatic carbocycles. The number of hydrogen-bond acceptors (Lipinski definition) is 4. The molecule has 0 saturated heterocycles. The minimum Gasteiger partial charge on any atom is -0.467 e. The van der Waals surface area contributed by atoms with Crippen LogP contribution in [0.5, 0.6) is 0 Å². The van der Waals surface area contributed by atoms with E-state index in [1.807, 2.05) is 6.07 Å². The number of ether oxygens (including phenoxy) is 1. The van der Waals surface area contributed by atoms with Gasteiger partial charge >= 0.3 is 5.97 Å². The molecule has 0 unspecified atom stereocenters. The van der Waals surface area contributed by atoms with E-state index < -0.39 is 0 Å². The van der Waals surface area contributed by atoms with E-state index in [-0.39, 0.29) is 5.97 Å². The molecule has 0 N–H and O–H groups in total. The van der Waals surface area contributed by atoms with Crippen LogP contribution in [-0.2, 0) is 11.3 Å². The monoisotopic (exact) mass is 297 g/mol. The molecule has 4 heteroatoms. The summed E-state index contributed by atoms with van der Waals surface area (Å²) in [5.74, 6) is 0.324. The molecule has 1 aliphatic heterocycles. The fourth-order valence-corrected chi connectivity index (χ4v) is 2.73. The zero-order valence-electron chi connectivity index (χ0n) is 12.6. The molecule has 0 aliphatic carbocycles. The summed E-state index contributed by atoms with van der Waals surface area (Å²) in [5.41, 5.74) is 3.18. The predicted molar refractivity (Wildman–Crippen MR) is 84.4 cm³/mol. The Bertz CT molecular complexity index is 673. The van der Waals surface area contributed by atoms with Crippen molar-refractivity contribution in [2.45, 2.75) is 13.0 Å². The van der Waals surface area contributed by atoms with Crippen molar-refractivity contribution in [1.29, 1.82) is 0 Å². The maximum Gasteiger partial charge on any atom is 0.341 e. The maximum absolute atomic E-state index is 11.7. The minimum absolute atomic E-state index is 0.346. The first-order valence-corrected chi connectivity index (χ1v) is 7.39. The number of furan rings is 1. The van der Waals surface area contributed by atoms with E-state index in [2.05, 4.69) is 35.2 Å². The summed E-state index contributed by atoms with van der Waals surface area (Å²) in [6, 6.07) is 12.1. The molecule has 4 nitrogen and oxygen atoms in total. The van der Waals surface area contributed by atoms with E-state index in [1.54, 1.807) is 6.07 Å². The summed E-state index contributed by atoms with van der Waals surface area (Å²) in [5, 5.41) is 0. The van der Waals surface area contributed by atoms with Crippen LogP contribution in [0.3, 0.4) is 0 Å². The first kappa shape index (κ1) is 14.6. The first-order chi connectivity index (χ1) is 10.8. The van der Waals surface area contributed by atoms with Gasteiger partial charge in [0.2, 0.25) is 0 Å². The van der Waals surface area contributed by atoms with Gasteiger partial charge in [0.1, 0.15) is 11.3 Å². The van der Waals surface area contributed by atoms with E-state index in [0.29, 0.717) is 17.9 Å². The number of nitrogens with zero attached hydrogens (tertiary/aromatic N) is 1. The lowest BCUT2D eigenvalue weighted by molar-refractivity contribution is 0.0596. The topological polar surface area (TPSA) is 42.7 Å². The van der Waals surface area contributed by atoms with Crippen LogP contribution in [0.4, 0.5) is 0 Å². The highest BCUT2D eigenvalue weighted by Crippen LogP contribution is 2.23. The third-order valence-corrected chi connectivity index (χ3v) is 3.96. The zero-order chi connectivity index (χ0) is 15.4. The van der Waals surface area contributed by atoms with Gasteiger partial charge in [-0.05, 0) is 23.6 Å². The summed E-state index contributed by atoms with van der Waals surface area (Å²) < 4.78 is 10.2. The molecule has 0 amide bonds. The predicted octanol–water partition coefficient (Wildman–Crippen LogP) is 3.36. The molecule has 0 atom stereocenters. The fourth-order valence-electron chi connectivity index (χ4n) is 2.73. The van der Waals surface area contributed by atoms with Crippen LogP contribution in [0.2, 0.25) is 0 Å². The number of methoxy groups -OCH3 is 1. The minimum atomic E-state index is -0.346. The number of hydrogen-bond donors (Lipinski definition) is 0. The van der Waals surface area contributed by atoms with Crippen LogP contribution < -0.4 is 0 Å². The maximum atomic E-state index is 11.7. The smallest absolute Gasteiger partial charge is 0.341 e. The Morgan fingerprint density at radius 2 is 2.09 bits per heavy atom. The van der Waals surface area contributed by atoms with Crippen molar-refractivity contribution in [3.63, 3.8) is 0 Å². The van der Waals surface area contributed by atoms with E-state index in [0.717, 1.165) is 19.5 Å². The summed E-state index contributed by atoms with van der Waals surface area (Å²) in [4.78, 5) is 13.9. The molecule has 0 spiro atoms. The quantitative estimate of drug-likeness (QED) is 0.812. The molecule has 0 radical (unpaired) electrons. The van der Waals surface area contributed by atoms with E-state index in [9.17, 15) is 4.79 Å². The Labute approximate surface area is 130 Å². The molecule has 2 heterocycles. The number of benzene rings is 1. The van der Waals surface area contributed by atoms with Gasteiger partial charge < -0.3 is 9.15 Å². The Morgan fingerprint density at radius 1 is 1.27 bits per heavy atom.